The Balaban J connectivity index is 2.26. The molecule has 0 fully saturated rings. The third-order valence-electron chi connectivity index (χ3n) is 3.30. The molecule has 1 aromatic heterocycles. The van der Waals surface area contributed by atoms with Crippen molar-refractivity contribution in [3.05, 3.63) is 57.8 Å². The minimum Gasteiger partial charge on any atom is -0.465 e. The average molecular weight is 346 g/mol. The Bertz CT molecular complexity index is 686. The van der Waals surface area contributed by atoms with Crippen LogP contribution in [0.5, 0.6) is 0 Å². The quantitative estimate of drug-likeness (QED) is 0.437. The second kappa shape index (κ2) is 8.40. The summed E-state index contributed by atoms with van der Waals surface area (Å²) >= 11 is 1.36. The van der Waals surface area contributed by atoms with Gasteiger partial charge in [0.2, 0.25) is 5.78 Å². The number of hydrogen-bond donors (Lipinski definition) is 0. The standard InChI is InChI=1S/C18H18O5S/c1-3-22-17(20)15(18(21)23-4-2)12-7-9-13(10-8-12)16(19)14-6-5-11-24-14/h5-11,15H,3-4H2,1-2H3. The highest BCUT2D eigenvalue weighted by molar-refractivity contribution is 7.12. The summed E-state index contributed by atoms with van der Waals surface area (Å²) in [6, 6.07) is 9.93. The monoisotopic (exact) mass is 346 g/mol. The first-order valence-electron chi connectivity index (χ1n) is 7.59. The molecular formula is C18H18O5S. The molecule has 0 aliphatic rings. The van der Waals surface area contributed by atoms with E-state index in [0.717, 1.165) is 0 Å². The van der Waals surface area contributed by atoms with Crippen molar-refractivity contribution in [2.45, 2.75) is 19.8 Å². The van der Waals surface area contributed by atoms with E-state index >= 15 is 0 Å². The van der Waals surface area contributed by atoms with Crippen LogP contribution in [0.15, 0.2) is 41.8 Å². The van der Waals surface area contributed by atoms with E-state index < -0.39 is 17.9 Å². The summed E-state index contributed by atoms with van der Waals surface area (Å²) in [5.74, 6) is -2.56. The first-order chi connectivity index (χ1) is 11.6. The van der Waals surface area contributed by atoms with Crippen molar-refractivity contribution in [3.8, 4) is 0 Å². The van der Waals surface area contributed by atoms with Crippen molar-refractivity contribution < 1.29 is 23.9 Å². The first kappa shape index (κ1) is 17.9. The van der Waals surface area contributed by atoms with Crippen LogP contribution in [-0.4, -0.2) is 30.9 Å². The Kier molecular flexibility index (Phi) is 6.26. The summed E-state index contributed by atoms with van der Waals surface area (Å²) < 4.78 is 9.91. The van der Waals surface area contributed by atoms with E-state index in [4.69, 9.17) is 9.47 Å². The summed E-state index contributed by atoms with van der Waals surface area (Å²) in [6.07, 6.45) is 0. The highest BCUT2D eigenvalue weighted by Crippen LogP contribution is 2.22. The number of ether oxygens (including phenoxy) is 2. The molecule has 126 valence electrons. The Hall–Kier alpha value is -2.47. The summed E-state index contributed by atoms with van der Waals surface area (Å²) in [6.45, 7) is 3.68. The summed E-state index contributed by atoms with van der Waals surface area (Å²) in [4.78, 5) is 37.1. The molecule has 0 aliphatic heterocycles. The molecule has 0 N–H and O–H groups in total. The van der Waals surface area contributed by atoms with Crippen molar-refractivity contribution in [1.82, 2.24) is 0 Å². The van der Waals surface area contributed by atoms with Crippen LogP contribution in [-0.2, 0) is 19.1 Å². The average Bonchev–Trinajstić information content (AvgIpc) is 3.10. The molecule has 2 rings (SSSR count). The van der Waals surface area contributed by atoms with Crippen LogP contribution in [0.3, 0.4) is 0 Å². The molecule has 0 atom stereocenters. The van der Waals surface area contributed by atoms with Crippen LogP contribution in [0.1, 0.15) is 40.6 Å². The fraction of sp³-hybridized carbons (Fsp3) is 0.278. The van der Waals surface area contributed by atoms with Gasteiger partial charge in [0.25, 0.3) is 0 Å². The topological polar surface area (TPSA) is 69.7 Å². The van der Waals surface area contributed by atoms with Crippen LogP contribution in [0.2, 0.25) is 0 Å². The van der Waals surface area contributed by atoms with Gasteiger partial charge in [0, 0.05) is 5.56 Å². The molecule has 0 saturated carbocycles. The van der Waals surface area contributed by atoms with Gasteiger partial charge in [0.05, 0.1) is 18.1 Å². The largest absolute Gasteiger partial charge is 0.465 e. The number of esters is 2. The molecule has 0 radical (unpaired) electrons. The van der Waals surface area contributed by atoms with Gasteiger partial charge in [-0.2, -0.15) is 0 Å². The van der Waals surface area contributed by atoms with Crippen molar-refractivity contribution in [2.75, 3.05) is 13.2 Å². The number of hydrogen-bond acceptors (Lipinski definition) is 6. The van der Waals surface area contributed by atoms with Crippen molar-refractivity contribution in [1.29, 1.82) is 0 Å². The lowest BCUT2D eigenvalue weighted by molar-refractivity contribution is -0.156. The maximum absolute atomic E-state index is 12.3. The minimum atomic E-state index is -1.14. The van der Waals surface area contributed by atoms with Gasteiger partial charge in [-0.15, -0.1) is 11.3 Å². The zero-order chi connectivity index (χ0) is 17.5. The lowest BCUT2D eigenvalue weighted by atomic mass is 9.97. The number of ketones is 1. The number of carbonyl (C=O) groups is 3. The molecule has 0 spiro atoms. The van der Waals surface area contributed by atoms with E-state index in [2.05, 4.69) is 0 Å². The van der Waals surface area contributed by atoms with Gasteiger partial charge in [-0.05, 0) is 30.9 Å². The molecule has 1 aromatic carbocycles. The zero-order valence-corrected chi connectivity index (χ0v) is 14.3. The third-order valence-corrected chi connectivity index (χ3v) is 4.16. The molecule has 1 heterocycles. The van der Waals surface area contributed by atoms with Crippen LogP contribution < -0.4 is 0 Å². The minimum absolute atomic E-state index is 0.0969. The van der Waals surface area contributed by atoms with E-state index in [9.17, 15) is 14.4 Å². The molecule has 0 saturated heterocycles. The van der Waals surface area contributed by atoms with E-state index in [1.807, 2.05) is 11.4 Å². The number of thiophene rings is 1. The maximum atomic E-state index is 12.3. The summed E-state index contributed by atoms with van der Waals surface area (Å²) in [7, 11) is 0. The van der Waals surface area contributed by atoms with Crippen LogP contribution in [0.4, 0.5) is 0 Å². The van der Waals surface area contributed by atoms with Crippen molar-refractivity contribution in [3.63, 3.8) is 0 Å². The lowest BCUT2D eigenvalue weighted by Gasteiger charge is -2.15. The Morgan fingerprint density at radius 1 is 0.958 bits per heavy atom. The van der Waals surface area contributed by atoms with Crippen LogP contribution >= 0.6 is 11.3 Å². The SMILES string of the molecule is CCOC(=O)C(C(=O)OCC)c1ccc(C(=O)c2cccs2)cc1. The fourth-order valence-electron chi connectivity index (χ4n) is 2.20. The molecule has 2 aromatic rings. The predicted octanol–water partition coefficient (Wildman–Crippen LogP) is 3.19. The Morgan fingerprint density at radius 3 is 2.00 bits per heavy atom. The van der Waals surface area contributed by atoms with Crippen molar-refractivity contribution in [2.24, 2.45) is 0 Å². The van der Waals surface area contributed by atoms with Gasteiger partial charge >= 0.3 is 11.9 Å². The van der Waals surface area contributed by atoms with Gasteiger partial charge in [-0.3, -0.25) is 14.4 Å². The molecule has 0 bridgehead atoms. The lowest BCUT2D eigenvalue weighted by Crippen LogP contribution is -2.26. The van der Waals surface area contributed by atoms with Crippen molar-refractivity contribution >= 4 is 29.1 Å². The highest BCUT2D eigenvalue weighted by atomic mass is 32.1. The van der Waals surface area contributed by atoms with Crippen LogP contribution in [0, 0.1) is 0 Å². The first-order valence-corrected chi connectivity index (χ1v) is 8.47. The number of carbonyl (C=O) groups excluding carboxylic acids is 3. The summed E-state index contributed by atoms with van der Waals surface area (Å²) in [5.41, 5.74) is 0.933. The van der Waals surface area contributed by atoms with E-state index in [1.54, 1.807) is 44.2 Å². The zero-order valence-electron chi connectivity index (χ0n) is 13.5. The van der Waals surface area contributed by atoms with E-state index in [-0.39, 0.29) is 19.0 Å². The molecule has 6 heteroatoms. The smallest absolute Gasteiger partial charge is 0.324 e. The second-order valence-corrected chi connectivity index (χ2v) is 5.81. The van der Waals surface area contributed by atoms with Gasteiger partial charge in [-0.1, -0.05) is 30.3 Å². The molecular weight excluding hydrogens is 328 g/mol. The predicted molar refractivity (Wildman–Crippen MR) is 90.2 cm³/mol. The molecule has 0 aliphatic carbocycles. The second-order valence-electron chi connectivity index (χ2n) is 4.87. The maximum Gasteiger partial charge on any atom is 0.324 e. The Labute approximate surface area is 144 Å². The van der Waals surface area contributed by atoms with Gasteiger partial charge in [0.15, 0.2) is 5.92 Å². The third kappa shape index (κ3) is 4.08. The molecule has 24 heavy (non-hydrogen) atoms. The van der Waals surface area contributed by atoms with Gasteiger partial charge < -0.3 is 9.47 Å². The number of benzene rings is 1. The number of rotatable bonds is 7. The molecule has 0 unspecified atom stereocenters. The fourth-order valence-corrected chi connectivity index (χ4v) is 2.88. The Morgan fingerprint density at radius 2 is 1.54 bits per heavy atom. The highest BCUT2D eigenvalue weighted by Gasteiger charge is 2.31. The van der Waals surface area contributed by atoms with E-state index in [1.165, 1.54) is 11.3 Å². The van der Waals surface area contributed by atoms with Gasteiger partial charge in [-0.25, -0.2) is 0 Å². The van der Waals surface area contributed by atoms with Gasteiger partial charge in [0.1, 0.15) is 0 Å². The van der Waals surface area contributed by atoms with Crippen LogP contribution in [0.25, 0.3) is 0 Å². The molecule has 5 nitrogen and oxygen atoms in total. The van der Waals surface area contributed by atoms with E-state index in [0.29, 0.717) is 16.0 Å². The normalized spacial score (nSPS) is 10.5. The molecule has 0 amide bonds. The summed E-state index contributed by atoms with van der Waals surface area (Å²) in [5, 5.41) is 1.83.